The lowest BCUT2D eigenvalue weighted by molar-refractivity contribution is -0.131. The fourth-order valence-corrected chi connectivity index (χ4v) is 4.25. The summed E-state index contributed by atoms with van der Waals surface area (Å²) in [6.07, 6.45) is 3.07. The van der Waals surface area contributed by atoms with Crippen LogP contribution in [0.4, 0.5) is 5.69 Å². The molecule has 2 aromatic rings. The van der Waals surface area contributed by atoms with Crippen LogP contribution in [0.25, 0.3) is 0 Å². The van der Waals surface area contributed by atoms with Crippen LogP contribution >= 0.6 is 23.8 Å². The maximum atomic E-state index is 13.1. The predicted molar refractivity (Wildman–Crippen MR) is 114 cm³/mol. The van der Waals surface area contributed by atoms with Gasteiger partial charge in [0.1, 0.15) is 11.3 Å². The summed E-state index contributed by atoms with van der Waals surface area (Å²) in [6, 6.07) is 15.1. The SMILES string of the molecule is COc1ccc(NC(=S)N(C)[C@]2(c3ccccc3Cl)CCCCC2=O)cc1. The highest BCUT2D eigenvalue weighted by molar-refractivity contribution is 7.80. The van der Waals surface area contributed by atoms with E-state index in [2.05, 4.69) is 5.32 Å². The Bertz CT molecular complexity index is 840. The molecule has 0 radical (unpaired) electrons. The number of thiocarbonyl (C=S) groups is 1. The minimum absolute atomic E-state index is 0.156. The summed E-state index contributed by atoms with van der Waals surface area (Å²) in [6.45, 7) is 0. The number of ketones is 1. The molecule has 0 unspecified atom stereocenters. The van der Waals surface area contributed by atoms with Gasteiger partial charge in [-0.15, -0.1) is 0 Å². The second-order valence-electron chi connectivity index (χ2n) is 6.69. The molecule has 0 saturated heterocycles. The Hall–Kier alpha value is -2.11. The van der Waals surface area contributed by atoms with Crippen molar-refractivity contribution in [2.24, 2.45) is 0 Å². The molecule has 6 heteroatoms. The standard InChI is InChI=1S/C21H23ClN2O2S/c1-24(20(27)23-15-10-12-16(26-2)13-11-15)21(14-6-5-9-19(21)25)17-7-3-4-8-18(17)22/h3-4,7-8,10-13H,5-6,9,14H2,1-2H3,(H,23,27)/t21-/m0/s1. The minimum atomic E-state index is -0.840. The van der Waals surface area contributed by atoms with E-state index in [4.69, 9.17) is 28.6 Å². The number of hydrogen-bond donors (Lipinski definition) is 1. The number of likely N-dealkylation sites (N-methyl/N-ethyl adjacent to an activating group) is 1. The summed E-state index contributed by atoms with van der Waals surface area (Å²) >= 11 is 12.2. The normalized spacial score (nSPS) is 19.4. The first-order valence-corrected chi connectivity index (χ1v) is 9.75. The molecule has 1 saturated carbocycles. The molecule has 0 bridgehead atoms. The number of methoxy groups -OCH3 is 1. The highest BCUT2D eigenvalue weighted by Gasteiger charge is 2.47. The number of nitrogens with zero attached hydrogens (tertiary/aromatic N) is 1. The molecule has 0 heterocycles. The molecule has 1 aliphatic rings. The highest BCUT2D eigenvalue weighted by atomic mass is 35.5. The molecule has 4 nitrogen and oxygen atoms in total. The maximum absolute atomic E-state index is 13.1. The lowest BCUT2D eigenvalue weighted by Crippen LogP contribution is -2.55. The third kappa shape index (κ3) is 3.80. The Morgan fingerprint density at radius 3 is 2.52 bits per heavy atom. The molecule has 2 aromatic carbocycles. The van der Waals surface area contributed by atoms with Crippen molar-refractivity contribution in [2.75, 3.05) is 19.5 Å². The van der Waals surface area contributed by atoms with Crippen LogP contribution in [0.3, 0.4) is 0 Å². The van der Waals surface area contributed by atoms with E-state index in [1.54, 1.807) is 7.11 Å². The van der Waals surface area contributed by atoms with E-state index in [1.807, 2.05) is 60.5 Å². The third-order valence-corrected chi connectivity index (χ3v) is 5.90. The Labute approximate surface area is 170 Å². The monoisotopic (exact) mass is 402 g/mol. The molecular formula is C21H23ClN2O2S. The topological polar surface area (TPSA) is 41.6 Å². The van der Waals surface area contributed by atoms with Crippen molar-refractivity contribution in [3.63, 3.8) is 0 Å². The van der Waals surface area contributed by atoms with Gasteiger partial charge in [0.05, 0.1) is 7.11 Å². The maximum Gasteiger partial charge on any atom is 0.174 e. The molecule has 1 fully saturated rings. The summed E-state index contributed by atoms with van der Waals surface area (Å²) in [4.78, 5) is 15.0. The van der Waals surface area contributed by atoms with Crippen LogP contribution in [-0.2, 0) is 10.3 Å². The van der Waals surface area contributed by atoms with Gasteiger partial charge in [-0.2, -0.15) is 0 Å². The van der Waals surface area contributed by atoms with Gasteiger partial charge < -0.3 is 15.0 Å². The second kappa shape index (κ2) is 8.28. The van der Waals surface area contributed by atoms with Crippen molar-refractivity contribution < 1.29 is 9.53 Å². The first-order chi connectivity index (χ1) is 13.0. The quantitative estimate of drug-likeness (QED) is 0.727. The Balaban J connectivity index is 1.93. The number of benzene rings is 2. The van der Waals surface area contributed by atoms with E-state index in [0.29, 0.717) is 23.0 Å². The first kappa shape index (κ1) is 19.6. The van der Waals surface area contributed by atoms with Gasteiger partial charge in [-0.25, -0.2) is 0 Å². The molecule has 1 atom stereocenters. The van der Waals surface area contributed by atoms with Crippen LogP contribution in [0.15, 0.2) is 48.5 Å². The van der Waals surface area contributed by atoms with Crippen LogP contribution in [0.1, 0.15) is 31.2 Å². The zero-order chi connectivity index (χ0) is 19.4. The van der Waals surface area contributed by atoms with Crippen molar-refractivity contribution in [1.82, 2.24) is 4.90 Å². The molecule has 0 aliphatic heterocycles. The first-order valence-electron chi connectivity index (χ1n) is 8.96. The molecule has 142 valence electrons. The largest absolute Gasteiger partial charge is 0.497 e. The molecule has 1 N–H and O–H groups in total. The molecule has 3 rings (SSSR count). The van der Waals surface area contributed by atoms with E-state index in [9.17, 15) is 4.79 Å². The van der Waals surface area contributed by atoms with Crippen LogP contribution in [0.2, 0.25) is 5.02 Å². The van der Waals surface area contributed by atoms with Gasteiger partial charge in [-0.1, -0.05) is 29.8 Å². The zero-order valence-corrected chi connectivity index (χ0v) is 17.1. The van der Waals surface area contributed by atoms with Gasteiger partial charge in [0.25, 0.3) is 0 Å². The van der Waals surface area contributed by atoms with Crippen LogP contribution in [-0.4, -0.2) is 30.0 Å². The van der Waals surface area contributed by atoms with Gasteiger partial charge in [-0.05, 0) is 61.8 Å². The minimum Gasteiger partial charge on any atom is -0.497 e. The molecule has 27 heavy (non-hydrogen) atoms. The Kier molecular flexibility index (Phi) is 6.02. The lowest BCUT2D eigenvalue weighted by Gasteiger charge is -2.45. The number of nitrogens with one attached hydrogen (secondary N) is 1. The van der Waals surface area contributed by atoms with E-state index < -0.39 is 5.54 Å². The van der Waals surface area contributed by atoms with Crippen molar-refractivity contribution >= 4 is 40.4 Å². The van der Waals surface area contributed by atoms with Gasteiger partial charge in [0.15, 0.2) is 10.9 Å². The Morgan fingerprint density at radius 2 is 1.89 bits per heavy atom. The smallest absolute Gasteiger partial charge is 0.174 e. The van der Waals surface area contributed by atoms with Crippen molar-refractivity contribution in [3.05, 3.63) is 59.1 Å². The van der Waals surface area contributed by atoms with Gasteiger partial charge in [0, 0.05) is 29.7 Å². The van der Waals surface area contributed by atoms with E-state index in [1.165, 1.54) is 0 Å². The van der Waals surface area contributed by atoms with Crippen LogP contribution in [0.5, 0.6) is 5.75 Å². The number of carbonyl (C=O) groups excluding carboxylic acids is 1. The number of halogens is 1. The lowest BCUT2D eigenvalue weighted by atomic mass is 9.74. The van der Waals surface area contributed by atoms with Gasteiger partial charge >= 0.3 is 0 Å². The number of hydrogen-bond acceptors (Lipinski definition) is 3. The summed E-state index contributed by atoms with van der Waals surface area (Å²) in [5.74, 6) is 0.929. The van der Waals surface area contributed by atoms with Gasteiger partial charge in [-0.3, -0.25) is 4.79 Å². The van der Waals surface area contributed by atoms with Crippen molar-refractivity contribution in [1.29, 1.82) is 0 Å². The van der Waals surface area contributed by atoms with Gasteiger partial charge in [0.2, 0.25) is 0 Å². The number of ether oxygens (including phenoxy) is 1. The summed E-state index contributed by atoms with van der Waals surface area (Å²) < 4.78 is 5.19. The molecule has 0 spiro atoms. The van der Waals surface area contributed by atoms with E-state index in [0.717, 1.165) is 29.8 Å². The summed E-state index contributed by atoms with van der Waals surface area (Å²) in [7, 11) is 3.49. The summed E-state index contributed by atoms with van der Waals surface area (Å²) in [5.41, 5.74) is 0.815. The van der Waals surface area contributed by atoms with E-state index in [-0.39, 0.29) is 5.78 Å². The molecule has 0 aromatic heterocycles. The number of carbonyl (C=O) groups is 1. The zero-order valence-electron chi connectivity index (χ0n) is 15.5. The highest BCUT2D eigenvalue weighted by Crippen LogP contribution is 2.42. The molecular weight excluding hydrogens is 380 g/mol. The molecule has 1 aliphatic carbocycles. The fourth-order valence-electron chi connectivity index (χ4n) is 3.68. The average Bonchev–Trinajstić information content (AvgIpc) is 2.69. The fraction of sp³-hybridized carbons (Fsp3) is 0.333. The number of rotatable bonds is 4. The second-order valence-corrected chi connectivity index (χ2v) is 7.48. The van der Waals surface area contributed by atoms with Crippen LogP contribution in [0, 0.1) is 0 Å². The van der Waals surface area contributed by atoms with Crippen LogP contribution < -0.4 is 10.1 Å². The average molecular weight is 403 g/mol. The number of Topliss-reactive ketones (excluding diaryl/α,β-unsaturated/α-hetero) is 1. The summed E-state index contributed by atoms with van der Waals surface area (Å²) in [5, 5.41) is 4.30. The van der Waals surface area contributed by atoms with Crippen molar-refractivity contribution in [3.8, 4) is 5.75 Å². The molecule has 0 amide bonds. The van der Waals surface area contributed by atoms with Crippen molar-refractivity contribution in [2.45, 2.75) is 31.2 Å². The number of anilines is 1. The Morgan fingerprint density at radius 1 is 1.19 bits per heavy atom. The third-order valence-electron chi connectivity index (χ3n) is 5.19. The van der Waals surface area contributed by atoms with E-state index >= 15 is 0 Å². The predicted octanol–water partition coefficient (Wildman–Crippen LogP) is 5.02.